The van der Waals surface area contributed by atoms with Crippen LogP contribution in [0.5, 0.6) is 0 Å². The maximum atomic E-state index is 4.09. The van der Waals surface area contributed by atoms with Crippen LogP contribution in [0.1, 0.15) is 36.8 Å². The molecule has 0 fully saturated rings. The van der Waals surface area contributed by atoms with Gasteiger partial charge in [-0.05, 0) is 17.0 Å². The highest BCUT2D eigenvalue weighted by molar-refractivity contribution is 5.73. The lowest BCUT2D eigenvalue weighted by Gasteiger charge is -2.08. The van der Waals surface area contributed by atoms with E-state index < -0.39 is 0 Å². The lowest BCUT2D eigenvalue weighted by atomic mass is 9.96. The van der Waals surface area contributed by atoms with Gasteiger partial charge in [-0.15, -0.1) is 0 Å². The molecule has 1 aromatic rings. The Balaban J connectivity index is 2.21. The third kappa shape index (κ3) is 1.77. The number of allylic oxidation sites excluding steroid dienone is 1. The average Bonchev–Trinajstić information content (AvgIpc) is 2.71. The molecule has 1 unspecified atom stereocenters. The maximum absolute atomic E-state index is 4.09. The number of nitrogens with zero attached hydrogens (tertiary/aromatic N) is 1. The van der Waals surface area contributed by atoms with E-state index in [0.29, 0.717) is 11.8 Å². The van der Waals surface area contributed by atoms with Crippen LogP contribution in [0.25, 0.3) is 0 Å². The van der Waals surface area contributed by atoms with Crippen molar-refractivity contribution in [2.75, 3.05) is 0 Å². The molecular weight excluding hydrogens is 170 g/mol. The first-order valence-electron chi connectivity index (χ1n) is 5.07. The Labute approximate surface area is 85.2 Å². The van der Waals surface area contributed by atoms with Gasteiger partial charge >= 0.3 is 0 Å². The number of rotatable bonds is 2. The summed E-state index contributed by atoms with van der Waals surface area (Å²) in [5, 5.41) is 0. The van der Waals surface area contributed by atoms with Crippen LogP contribution in [0.2, 0.25) is 0 Å². The van der Waals surface area contributed by atoms with Crippen molar-refractivity contribution in [3.63, 3.8) is 0 Å². The lowest BCUT2D eigenvalue weighted by Crippen LogP contribution is -1.94. The van der Waals surface area contributed by atoms with Crippen LogP contribution in [-0.2, 0) is 0 Å². The third-order valence-corrected chi connectivity index (χ3v) is 2.61. The van der Waals surface area contributed by atoms with E-state index in [-0.39, 0.29) is 0 Å². The van der Waals surface area contributed by atoms with Crippen LogP contribution in [0.3, 0.4) is 0 Å². The van der Waals surface area contributed by atoms with Crippen LogP contribution in [0, 0.1) is 0 Å². The second-order valence-electron chi connectivity index (χ2n) is 3.99. The Morgan fingerprint density at radius 1 is 1.14 bits per heavy atom. The molecule has 0 radical (unpaired) electrons. The first-order valence-corrected chi connectivity index (χ1v) is 5.07. The molecule has 1 heterocycles. The van der Waals surface area contributed by atoms with Gasteiger partial charge in [0, 0.05) is 18.3 Å². The van der Waals surface area contributed by atoms with Crippen molar-refractivity contribution in [3.8, 4) is 0 Å². The van der Waals surface area contributed by atoms with Crippen molar-refractivity contribution in [2.45, 2.75) is 25.7 Å². The molecule has 0 amide bonds. The predicted molar refractivity (Wildman–Crippen MR) is 60.9 cm³/mol. The van der Waals surface area contributed by atoms with E-state index in [1.807, 2.05) is 12.4 Å². The normalized spacial score (nSPS) is 19.5. The van der Waals surface area contributed by atoms with Gasteiger partial charge in [0.05, 0.1) is 0 Å². The topological polar surface area (TPSA) is 12.4 Å². The SMILES string of the molecule is CC(C)c1ccc(C2C=CN=C2)cc1. The van der Waals surface area contributed by atoms with Gasteiger partial charge in [-0.2, -0.15) is 0 Å². The second kappa shape index (κ2) is 3.79. The van der Waals surface area contributed by atoms with E-state index in [4.69, 9.17) is 0 Å². The van der Waals surface area contributed by atoms with E-state index >= 15 is 0 Å². The smallest absolute Gasteiger partial charge is 0.0391 e. The summed E-state index contributed by atoms with van der Waals surface area (Å²) in [6, 6.07) is 8.81. The molecule has 1 aromatic carbocycles. The Bertz CT molecular complexity index is 345. The van der Waals surface area contributed by atoms with Crippen molar-refractivity contribution in [3.05, 3.63) is 47.7 Å². The van der Waals surface area contributed by atoms with Gasteiger partial charge in [0.2, 0.25) is 0 Å². The quantitative estimate of drug-likeness (QED) is 0.668. The van der Waals surface area contributed by atoms with Crippen LogP contribution in [0.4, 0.5) is 0 Å². The minimum absolute atomic E-state index is 0.385. The summed E-state index contributed by atoms with van der Waals surface area (Å²) >= 11 is 0. The monoisotopic (exact) mass is 185 g/mol. The Morgan fingerprint density at radius 2 is 1.86 bits per heavy atom. The molecule has 0 saturated heterocycles. The molecule has 72 valence electrons. The van der Waals surface area contributed by atoms with E-state index in [1.165, 1.54) is 11.1 Å². The maximum Gasteiger partial charge on any atom is 0.0391 e. The Morgan fingerprint density at radius 3 is 2.36 bits per heavy atom. The number of benzene rings is 1. The highest BCUT2D eigenvalue weighted by Crippen LogP contribution is 2.21. The molecular formula is C13H15N. The van der Waals surface area contributed by atoms with Gasteiger partial charge in [-0.25, -0.2) is 0 Å². The highest BCUT2D eigenvalue weighted by Gasteiger charge is 2.08. The van der Waals surface area contributed by atoms with Crippen molar-refractivity contribution < 1.29 is 0 Å². The number of aliphatic imine (C=N–C) groups is 1. The summed E-state index contributed by atoms with van der Waals surface area (Å²) in [7, 11) is 0. The van der Waals surface area contributed by atoms with Crippen LogP contribution < -0.4 is 0 Å². The molecule has 1 atom stereocenters. The fraction of sp³-hybridized carbons (Fsp3) is 0.308. The summed E-state index contributed by atoms with van der Waals surface area (Å²) in [4.78, 5) is 4.09. The minimum Gasteiger partial charge on any atom is -0.268 e. The Hall–Kier alpha value is -1.37. The largest absolute Gasteiger partial charge is 0.268 e. The molecule has 0 saturated carbocycles. The molecule has 14 heavy (non-hydrogen) atoms. The first-order chi connectivity index (χ1) is 6.77. The van der Waals surface area contributed by atoms with Crippen molar-refractivity contribution in [1.29, 1.82) is 0 Å². The van der Waals surface area contributed by atoms with E-state index in [1.54, 1.807) is 0 Å². The zero-order valence-corrected chi connectivity index (χ0v) is 8.64. The van der Waals surface area contributed by atoms with Gasteiger partial charge in [-0.1, -0.05) is 44.2 Å². The van der Waals surface area contributed by atoms with Gasteiger partial charge in [-0.3, -0.25) is 4.99 Å². The summed E-state index contributed by atoms with van der Waals surface area (Å²) in [6.45, 7) is 4.43. The fourth-order valence-electron chi connectivity index (χ4n) is 1.63. The fourth-order valence-corrected chi connectivity index (χ4v) is 1.63. The molecule has 0 aliphatic carbocycles. The predicted octanol–water partition coefficient (Wildman–Crippen LogP) is 3.49. The molecule has 1 aliphatic rings. The molecule has 0 aromatic heterocycles. The summed E-state index contributed by atoms with van der Waals surface area (Å²) in [6.07, 6.45) is 5.95. The van der Waals surface area contributed by atoms with E-state index in [2.05, 4.69) is 49.2 Å². The zero-order chi connectivity index (χ0) is 9.97. The summed E-state index contributed by atoms with van der Waals surface area (Å²) < 4.78 is 0. The summed E-state index contributed by atoms with van der Waals surface area (Å²) in [5.41, 5.74) is 2.72. The van der Waals surface area contributed by atoms with Crippen LogP contribution >= 0.6 is 0 Å². The highest BCUT2D eigenvalue weighted by atomic mass is 14.7. The minimum atomic E-state index is 0.385. The van der Waals surface area contributed by atoms with Gasteiger partial charge in [0.15, 0.2) is 0 Å². The molecule has 1 heteroatoms. The van der Waals surface area contributed by atoms with Crippen molar-refractivity contribution >= 4 is 6.21 Å². The molecule has 0 spiro atoms. The molecule has 0 N–H and O–H groups in total. The average molecular weight is 185 g/mol. The number of hydrogen-bond donors (Lipinski definition) is 0. The second-order valence-corrected chi connectivity index (χ2v) is 3.99. The lowest BCUT2D eigenvalue weighted by molar-refractivity contribution is 0.865. The van der Waals surface area contributed by atoms with Crippen molar-refractivity contribution in [2.24, 2.45) is 4.99 Å². The molecule has 0 bridgehead atoms. The van der Waals surface area contributed by atoms with Gasteiger partial charge < -0.3 is 0 Å². The van der Waals surface area contributed by atoms with Gasteiger partial charge in [0.25, 0.3) is 0 Å². The summed E-state index contributed by atoms with van der Waals surface area (Å²) in [5.74, 6) is 0.994. The standard InChI is InChI=1S/C13H15N/c1-10(2)11-3-5-12(6-4-11)13-7-8-14-9-13/h3-10,13H,1-2H3. The van der Waals surface area contributed by atoms with E-state index in [0.717, 1.165) is 0 Å². The van der Waals surface area contributed by atoms with Crippen molar-refractivity contribution in [1.82, 2.24) is 0 Å². The van der Waals surface area contributed by atoms with Crippen LogP contribution in [0.15, 0.2) is 41.5 Å². The Kier molecular flexibility index (Phi) is 2.49. The molecule has 2 rings (SSSR count). The molecule has 1 aliphatic heterocycles. The first kappa shape index (κ1) is 9.20. The third-order valence-electron chi connectivity index (χ3n) is 2.61. The van der Waals surface area contributed by atoms with Crippen LogP contribution in [-0.4, -0.2) is 6.21 Å². The molecule has 1 nitrogen and oxygen atoms in total. The van der Waals surface area contributed by atoms with E-state index in [9.17, 15) is 0 Å². The number of hydrogen-bond acceptors (Lipinski definition) is 1. The zero-order valence-electron chi connectivity index (χ0n) is 8.64. The van der Waals surface area contributed by atoms with Gasteiger partial charge in [0.1, 0.15) is 0 Å².